The number of anilines is 1. The average molecular weight is 359 g/mol. The topological polar surface area (TPSA) is 146 Å². The quantitative estimate of drug-likeness (QED) is 0.313. The molecule has 0 fully saturated rings. The van der Waals surface area contributed by atoms with Crippen LogP contribution in [-0.4, -0.2) is 34.5 Å². The van der Waals surface area contributed by atoms with E-state index in [-0.39, 0.29) is 22.9 Å². The number of carbonyl (C=O) groups is 2. The number of aromatic carboxylic acids is 1. The Bertz CT molecular complexity index is 756. The second kappa shape index (κ2) is 9.67. The third-order valence-corrected chi connectivity index (χ3v) is 3.09. The fourth-order valence-corrected chi connectivity index (χ4v) is 1.96. The molecule has 0 aliphatic heterocycles. The van der Waals surface area contributed by atoms with E-state index in [1.165, 1.54) is 25.1 Å². The van der Waals surface area contributed by atoms with Gasteiger partial charge < -0.3 is 26.0 Å². The first kappa shape index (κ1) is 20.5. The van der Waals surface area contributed by atoms with Gasteiger partial charge in [0.1, 0.15) is 17.1 Å². The lowest BCUT2D eigenvalue weighted by Crippen LogP contribution is -2.20. The second-order valence-corrected chi connectivity index (χ2v) is 5.06. The molecule has 0 aliphatic carbocycles. The standard InChI is InChI=1S/C9H13N3O.C9H8O4/c1-2-13-8-5-3-7(4-6-8)12-9(10)11;1-5(10)6-3-2-4-7(8(6)11)9(12)13/h3-6H,2H2,1H3,(H4,10,11,12);2-4,11H,1H3,(H,12,13). The van der Waals surface area contributed by atoms with Crippen LogP contribution in [0.5, 0.6) is 11.5 Å². The van der Waals surface area contributed by atoms with Crippen LogP contribution in [0.1, 0.15) is 34.6 Å². The van der Waals surface area contributed by atoms with E-state index in [0.717, 1.165) is 11.4 Å². The van der Waals surface area contributed by atoms with Gasteiger partial charge in [0.15, 0.2) is 11.7 Å². The molecule has 2 aromatic rings. The molecular formula is C18H21N3O5. The fourth-order valence-electron chi connectivity index (χ4n) is 1.96. The number of hydrogen-bond acceptors (Lipinski definition) is 5. The number of phenols is 1. The van der Waals surface area contributed by atoms with Crippen molar-refractivity contribution < 1.29 is 24.5 Å². The number of nitrogens with two attached hydrogens (primary N) is 1. The van der Waals surface area contributed by atoms with Gasteiger partial charge in [-0.3, -0.25) is 10.2 Å². The first-order valence-electron chi connectivity index (χ1n) is 7.66. The van der Waals surface area contributed by atoms with Gasteiger partial charge in [0, 0.05) is 5.69 Å². The second-order valence-electron chi connectivity index (χ2n) is 5.06. The zero-order valence-electron chi connectivity index (χ0n) is 14.4. The Labute approximate surface area is 150 Å². The number of carbonyl (C=O) groups excluding carboxylic acids is 1. The third kappa shape index (κ3) is 6.16. The van der Waals surface area contributed by atoms with Crippen LogP contribution >= 0.6 is 0 Å². The normalized spacial score (nSPS) is 9.46. The molecule has 6 N–H and O–H groups in total. The van der Waals surface area contributed by atoms with E-state index in [1.54, 1.807) is 0 Å². The van der Waals surface area contributed by atoms with E-state index in [2.05, 4.69) is 5.32 Å². The molecule has 8 nitrogen and oxygen atoms in total. The van der Waals surface area contributed by atoms with E-state index in [1.807, 2.05) is 31.2 Å². The summed E-state index contributed by atoms with van der Waals surface area (Å²) >= 11 is 0. The van der Waals surface area contributed by atoms with Crippen molar-refractivity contribution in [2.24, 2.45) is 5.73 Å². The zero-order valence-corrected chi connectivity index (χ0v) is 14.4. The van der Waals surface area contributed by atoms with Gasteiger partial charge in [-0.15, -0.1) is 0 Å². The van der Waals surface area contributed by atoms with Crippen LogP contribution < -0.4 is 15.8 Å². The smallest absolute Gasteiger partial charge is 0.339 e. The predicted molar refractivity (Wildman–Crippen MR) is 98.2 cm³/mol. The summed E-state index contributed by atoms with van der Waals surface area (Å²) in [4.78, 5) is 21.4. The van der Waals surface area contributed by atoms with Crippen molar-refractivity contribution in [2.45, 2.75) is 13.8 Å². The van der Waals surface area contributed by atoms with Crippen molar-refractivity contribution in [3.63, 3.8) is 0 Å². The number of aromatic hydroxyl groups is 1. The van der Waals surface area contributed by atoms with E-state index in [4.69, 9.17) is 21.0 Å². The van der Waals surface area contributed by atoms with Gasteiger partial charge in [0.25, 0.3) is 0 Å². The Kier molecular flexibility index (Phi) is 7.63. The lowest BCUT2D eigenvalue weighted by atomic mass is 10.1. The molecule has 0 saturated carbocycles. The molecule has 138 valence electrons. The summed E-state index contributed by atoms with van der Waals surface area (Å²) in [7, 11) is 0. The van der Waals surface area contributed by atoms with Crippen LogP contribution in [0.3, 0.4) is 0 Å². The number of carboxylic acid groups (broad SMARTS) is 1. The van der Waals surface area contributed by atoms with Crippen LogP contribution in [0.4, 0.5) is 5.69 Å². The highest BCUT2D eigenvalue weighted by Crippen LogP contribution is 2.22. The van der Waals surface area contributed by atoms with Gasteiger partial charge in [0.2, 0.25) is 0 Å². The number of carboxylic acids is 1. The highest BCUT2D eigenvalue weighted by atomic mass is 16.5. The van der Waals surface area contributed by atoms with E-state index in [0.29, 0.717) is 6.61 Å². The molecule has 0 saturated heterocycles. The zero-order chi connectivity index (χ0) is 19.7. The molecule has 0 heterocycles. The van der Waals surface area contributed by atoms with Gasteiger partial charge in [0.05, 0.1) is 12.2 Å². The van der Waals surface area contributed by atoms with E-state index < -0.39 is 11.7 Å². The number of guanidine groups is 1. The molecule has 0 unspecified atom stereocenters. The van der Waals surface area contributed by atoms with Crippen molar-refractivity contribution in [1.29, 1.82) is 5.41 Å². The Balaban J connectivity index is 0.000000260. The number of nitrogens with one attached hydrogen (secondary N) is 2. The summed E-state index contributed by atoms with van der Waals surface area (Å²) in [5.74, 6) is -1.33. The summed E-state index contributed by atoms with van der Waals surface area (Å²) in [5, 5.41) is 27.6. The van der Waals surface area contributed by atoms with Crippen molar-refractivity contribution in [2.75, 3.05) is 11.9 Å². The number of benzene rings is 2. The minimum Gasteiger partial charge on any atom is -0.506 e. The summed E-state index contributed by atoms with van der Waals surface area (Å²) in [5.41, 5.74) is 5.72. The molecule has 0 spiro atoms. The van der Waals surface area contributed by atoms with Crippen LogP contribution in [0.2, 0.25) is 0 Å². The molecule has 0 atom stereocenters. The molecule has 8 heteroatoms. The highest BCUT2D eigenvalue weighted by molar-refractivity contribution is 6.01. The predicted octanol–water partition coefficient (Wildman–Crippen LogP) is 2.68. The number of Topliss-reactive ketones (excluding diaryl/α,β-unsaturated/α-hetero) is 1. The van der Waals surface area contributed by atoms with Gasteiger partial charge in [-0.2, -0.15) is 0 Å². The van der Waals surface area contributed by atoms with Gasteiger partial charge in [-0.25, -0.2) is 4.79 Å². The first-order valence-corrected chi connectivity index (χ1v) is 7.66. The largest absolute Gasteiger partial charge is 0.506 e. The van der Waals surface area contributed by atoms with Crippen molar-refractivity contribution in [1.82, 2.24) is 0 Å². The Hall–Kier alpha value is -3.55. The highest BCUT2D eigenvalue weighted by Gasteiger charge is 2.14. The molecule has 0 amide bonds. The summed E-state index contributed by atoms with van der Waals surface area (Å²) in [6.45, 7) is 3.85. The molecule has 2 rings (SSSR count). The number of hydrogen-bond donors (Lipinski definition) is 5. The van der Waals surface area contributed by atoms with Gasteiger partial charge in [-0.1, -0.05) is 6.07 Å². The maximum atomic E-state index is 10.9. The van der Waals surface area contributed by atoms with Crippen LogP contribution in [-0.2, 0) is 0 Å². The molecule has 26 heavy (non-hydrogen) atoms. The maximum absolute atomic E-state index is 10.9. The van der Waals surface area contributed by atoms with Crippen molar-refractivity contribution in [3.8, 4) is 11.5 Å². The van der Waals surface area contributed by atoms with Crippen LogP contribution in [0, 0.1) is 5.41 Å². The van der Waals surface area contributed by atoms with Crippen molar-refractivity contribution in [3.05, 3.63) is 53.6 Å². The maximum Gasteiger partial charge on any atom is 0.339 e. The molecule has 0 bridgehead atoms. The summed E-state index contributed by atoms with van der Waals surface area (Å²) in [6, 6.07) is 11.3. The van der Waals surface area contributed by atoms with Gasteiger partial charge >= 0.3 is 5.97 Å². The minimum absolute atomic E-state index is 0.0277. The molecule has 0 aliphatic rings. The molecule has 2 aromatic carbocycles. The first-order chi connectivity index (χ1) is 12.3. The average Bonchev–Trinajstić information content (AvgIpc) is 2.56. The Morgan fingerprint density at radius 3 is 2.19 bits per heavy atom. The number of rotatable bonds is 5. The van der Waals surface area contributed by atoms with Gasteiger partial charge in [-0.05, 0) is 50.2 Å². The number of ketones is 1. The lowest BCUT2D eigenvalue weighted by molar-refractivity contribution is 0.0693. The third-order valence-electron chi connectivity index (χ3n) is 3.09. The molecule has 0 aromatic heterocycles. The lowest BCUT2D eigenvalue weighted by Gasteiger charge is -2.05. The minimum atomic E-state index is -1.25. The number of para-hydroxylation sites is 1. The summed E-state index contributed by atoms with van der Waals surface area (Å²) < 4.78 is 5.25. The fraction of sp³-hybridized carbons (Fsp3) is 0.167. The molecule has 0 radical (unpaired) electrons. The van der Waals surface area contributed by atoms with E-state index in [9.17, 15) is 14.7 Å². The SMILES string of the molecule is CC(=O)c1cccc(C(=O)O)c1O.CCOc1ccc(NC(=N)N)cc1. The van der Waals surface area contributed by atoms with E-state index >= 15 is 0 Å². The molecular weight excluding hydrogens is 338 g/mol. The Morgan fingerprint density at radius 2 is 1.73 bits per heavy atom. The number of ether oxygens (including phenoxy) is 1. The Morgan fingerprint density at radius 1 is 1.15 bits per heavy atom. The summed E-state index contributed by atoms with van der Waals surface area (Å²) in [6.07, 6.45) is 0. The van der Waals surface area contributed by atoms with Crippen LogP contribution in [0.25, 0.3) is 0 Å². The van der Waals surface area contributed by atoms with Crippen molar-refractivity contribution >= 4 is 23.4 Å². The monoisotopic (exact) mass is 359 g/mol. The van der Waals surface area contributed by atoms with Crippen LogP contribution in [0.15, 0.2) is 42.5 Å².